The zero-order chi connectivity index (χ0) is 16.1. The molecule has 23 heavy (non-hydrogen) atoms. The molecule has 0 fully saturated rings. The quantitative estimate of drug-likeness (QED) is 0.661. The van der Waals surface area contributed by atoms with E-state index in [-0.39, 0.29) is 0 Å². The second kappa shape index (κ2) is 7.53. The Bertz CT molecular complexity index is 692. The van der Waals surface area contributed by atoms with E-state index < -0.39 is 0 Å². The highest BCUT2D eigenvalue weighted by Gasteiger charge is 2.05. The van der Waals surface area contributed by atoms with Crippen molar-refractivity contribution in [1.29, 1.82) is 0 Å². The van der Waals surface area contributed by atoms with Crippen LogP contribution in [-0.2, 0) is 12.4 Å². The minimum absolute atomic E-state index is 0.347. The molecule has 0 unspecified atom stereocenters. The van der Waals surface area contributed by atoms with Gasteiger partial charge in [0, 0.05) is 10.8 Å². The molecule has 0 spiro atoms. The van der Waals surface area contributed by atoms with Crippen molar-refractivity contribution in [2.45, 2.75) is 24.4 Å². The fourth-order valence-corrected chi connectivity index (χ4v) is 2.82. The van der Waals surface area contributed by atoms with E-state index in [2.05, 4.69) is 46.4 Å². The monoisotopic (exact) mass is 345 g/mol. The first-order chi connectivity index (χ1) is 11.2. The summed E-state index contributed by atoms with van der Waals surface area (Å²) in [5, 5.41) is 8.51. The molecule has 0 saturated carbocycles. The van der Waals surface area contributed by atoms with Gasteiger partial charge >= 0.3 is 0 Å². The number of halogens is 1. The maximum atomic E-state index is 5.84. The van der Waals surface area contributed by atoms with Gasteiger partial charge in [0.2, 0.25) is 5.16 Å². The van der Waals surface area contributed by atoms with E-state index >= 15 is 0 Å². The number of benzene rings is 2. The highest BCUT2D eigenvalue weighted by atomic mass is 35.5. The average Bonchev–Trinajstić information content (AvgIpc) is 3.02. The van der Waals surface area contributed by atoms with E-state index in [4.69, 9.17) is 16.3 Å². The third-order valence-electron chi connectivity index (χ3n) is 3.19. The zero-order valence-electron chi connectivity index (χ0n) is 12.6. The Morgan fingerprint density at radius 3 is 2.57 bits per heavy atom. The van der Waals surface area contributed by atoms with Crippen molar-refractivity contribution in [3.63, 3.8) is 0 Å². The van der Waals surface area contributed by atoms with Gasteiger partial charge in [-0.25, -0.2) is 4.98 Å². The van der Waals surface area contributed by atoms with Gasteiger partial charge in [0.1, 0.15) is 12.4 Å². The van der Waals surface area contributed by atoms with E-state index in [0.29, 0.717) is 17.5 Å². The van der Waals surface area contributed by atoms with Crippen molar-refractivity contribution >= 4 is 23.4 Å². The van der Waals surface area contributed by atoms with Crippen LogP contribution in [0.4, 0.5) is 0 Å². The average molecular weight is 346 g/mol. The molecule has 3 aromatic rings. The molecule has 0 saturated heterocycles. The van der Waals surface area contributed by atoms with Crippen LogP contribution in [0.2, 0.25) is 5.02 Å². The minimum atomic E-state index is 0.347. The summed E-state index contributed by atoms with van der Waals surface area (Å²) < 4.78 is 5.63. The standard InChI is InChI=1S/C17H16ClN3OS/c1-12-2-4-13(5-3-12)11-23-17-19-16(20-21-17)10-22-15-8-6-14(18)7-9-15/h2-9H,10-11H2,1H3,(H,19,20,21). The van der Waals surface area contributed by atoms with Gasteiger partial charge in [-0.05, 0) is 36.8 Å². The number of hydrogen-bond donors (Lipinski definition) is 1. The van der Waals surface area contributed by atoms with Crippen molar-refractivity contribution in [3.05, 3.63) is 70.5 Å². The molecular formula is C17H16ClN3OS. The largest absolute Gasteiger partial charge is 0.486 e. The summed E-state index contributed by atoms with van der Waals surface area (Å²) in [6.45, 7) is 2.43. The van der Waals surface area contributed by atoms with Crippen LogP contribution in [0, 0.1) is 6.92 Å². The number of H-pyrrole nitrogens is 1. The lowest BCUT2D eigenvalue weighted by molar-refractivity contribution is 0.296. The Morgan fingerprint density at radius 1 is 1.09 bits per heavy atom. The fraction of sp³-hybridized carbons (Fsp3) is 0.176. The maximum absolute atomic E-state index is 5.84. The van der Waals surface area contributed by atoms with Crippen molar-refractivity contribution < 1.29 is 4.74 Å². The Balaban J connectivity index is 1.51. The third kappa shape index (κ3) is 4.74. The Kier molecular flexibility index (Phi) is 5.20. The van der Waals surface area contributed by atoms with Gasteiger partial charge in [0.25, 0.3) is 0 Å². The molecule has 0 bridgehead atoms. The first-order valence-corrected chi connectivity index (χ1v) is 8.53. The number of hydrogen-bond acceptors (Lipinski definition) is 4. The van der Waals surface area contributed by atoms with Crippen LogP contribution in [0.5, 0.6) is 5.75 Å². The number of thioether (sulfide) groups is 1. The highest BCUT2D eigenvalue weighted by Crippen LogP contribution is 2.20. The molecule has 3 rings (SSSR count). The number of aromatic amines is 1. The molecular weight excluding hydrogens is 330 g/mol. The molecule has 0 radical (unpaired) electrons. The SMILES string of the molecule is Cc1ccc(CSc2n[nH]c(COc3ccc(Cl)cc3)n2)cc1. The lowest BCUT2D eigenvalue weighted by Gasteiger charge is -2.03. The maximum Gasteiger partial charge on any atom is 0.208 e. The highest BCUT2D eigenvalue weighted by molar-refractivity contribution is 7.98. The molecule has 0 aliphatic rings. The molecule has 2 aromatic carbocycles. The predicted molar refractivity (Wildman–Crippen MR) is 92.9 cm³/mol. The predicted octanol–water partition coefficient (Wildman–Crippen LogP) is 4.64. The molecule has 0 atom stereocenters. The summed E-state index contributed by atoms with van der Waals surface area (Å²) in [5.41, 5.74) is 2.52. The van der Waals surface area contributed by atoms with E-state index in [1.165, 1.54) is 11.1 Å². The van der Waals surface area contributed by atoms with Crippen LogP contribution in [0.25, 0.3) is 0 Å². The summed E-state index contributed by atoms with van der Waals surface area (Å²) in [7, 11) is 0. The third-order valence-corrected chi connectivity index (χ3v) is 4.36. The lowest BCUT2D eigenvalue weighted by Crippen LogP contribution is -1.97. The van der Waals surface area contributed by atoms with Gasteiger partial charge in [-0.3, -0.25) is 5.10 Å². The Morgan fingerprint density at radius 2 is 1.83 bits per heavy atom. The molecule has 0 aliphatic heterocycles. The van der Waals surface area contributed by atoms with Gasteiger partial charge in [0.05, 0.1) is 0 Å². The molecule has 1 heterocycles. The van der Waals surface area contributed by atoms with Crippen molar-refractivity contribution in [2.24, 2.45) is 0 Å². The number of ether oxygens (including phenoxy) is 1. The first kappa shape index (κ1) is 15.9. The van der Waals surface area contributed by atoms with E-state index in [9.17, 15) is 0 Å². The molecule has 4 nitrogen and oxygen atoms in total. The van der Waals surface area contributed by atoms with Crippen LogP contribution in [0.1, 0.15) is 17.0 Å². The molecule has 6 heteroatoms. The number of rotatable bonds is 6. The molecule has 1 N–H and O–H groups in total. The van der Waals surface area contributed by atoms with Crippen LogP contribution < -0.4 is 4.74 Å². The van der Waals surface area contributed by atoms with Crippen LogP contribution in [0.15, 0.2) is 53.7 Å². The molecule has 0 aliphatic carbocycles. The zero-order valence-corrected chi connectivity index (χ0v) is 14.2. The van der Waals surface area contributed by atoms with Crippen molar-refractivity contribution in [2.75, 3.05) is 0 Å². The summed E-state index contributed by atoms with van der Waals surface area (Å²) >= 11 is 7.44. The summed E-state index contributed by atoms with van der Waals surface area (Å²) in [6.07, 6.45) is 0. The smallest absolute Gasteiger partial charge is 0.208 e. The van der Waals surface area contributed by atoms with Gasteiger partial charge < -0.3 is 4.74 Å². The van der Waals surface area contributed by atoms with Crippen molar-refractivity contribution in [3.8, 4) is 5.75 Å². The normalized spacial score (nSPS) is 10.7. The van der Waals surface area contributed by atoms with Gasteiger partial charge in [0.15, 0.2) is 5.82 Å². The van der Waals surface area contributed by atoms with Crippen LogP contribution >= 0.6 is 23.4 Å². The summed E-state index contributed by atoms with van der Waals surface area (Å²) in [4.78, 5) is 4.42. The van der Waals surface area contributed by atoms with E-state index in [1.807, 2.05) is 12.1 Å². The van der Waals surface area contributed by atoms with E-state index in [1.54, 1.807) is 23.9 Å². The lowest BCUT2D eigenvalue weighted by atomic mass is 10.2. The number of aromatic nitrogens is 3. The molecule has 1 aromatic heterocycles. The number of nitrogens with zero attached hydrogens (tertiary/aromatic N) is 2. The van der Waals surface area contributed by atoms with Gasteiger partial charge in [-0.15, -0.1) is 5.10 Å². The Labute approximate surface area is 144 Å². The summed E-state index contributed by atoms with van der Waals surface area (Å²) in [5.74, 6) is 2.29. The fourth-order valence-electron chi connectivity index (χ4n) is 1.92. The van der Waals surface area contributed by atoms with Crippen molar-refractivity contribution in [1.82, 2.24) is 15.2 Å². The second-order valence-corrected chi connectivity index (χ2v) is 6.46. The van der Waals surface area contributed by atoms with Crippen LogP contribution in [-0.4, -0.2) is 15.2 Å². The summed E-state index contributed by atoms with van der Waals surface area (Å²) in [6, 6.07) is 15.7. The number of nitrogens with one attached hydrogen (secondary N) is 1. The van der Waals surface area contributed by atoms with E-state index in [0.717, 1.165) is 16.7 Å². The van der Waals surface area contributed by atoms with Crippen LogP contribution in [0.3, 0.4) is 0 Å². The van der Waals surface area contributed by atoms with Gasteiger partial charge in [-0.2, -0.15) is 0 Å². The topological polar surface area (TPSA) is 50.8 Å². The molecule has 0 amide bonds. The van der Waals surface area contributed by atoms with Gasteiger partial charge in [-0.1, -0.05) is 53.2 Å². The molecule has 118 valence electrons. The minimum Gasteiger partial charge on any atom is -0.486 e. The first-order valence-electron chi connectivity index (χ1n) is 7.17. The Hall–Kier alpha value is -1.98. The second-order valence-electron chi connectivity index (χ2n) is 5.08. The number of aryl methyl sites for hydroxylation is 1.